The van der Waals surface area contributed by atoms with Gasteiger partial charge in [-0.1, -0.05) is 26.0 Å². The van der Waals surface area contributed by atoms with Crippen molar-refractivity contribution >= 4 is 33.3 Å². The monoisotopic (exact) mass is 474 g/mol. The number of nitrogens with zero attached hydrogens (tertiary/aromatic N) is 1. The van der Waals surface area contributed by atoms with Crippen LogP contribution in [-0.4, -0.2) is 45.2 Å². The predicted octanol–water partition coefficient (Wildman–Crippen LogP) is 4.09. The van der Waals surface area contributed by atoms with Gasteiger partial charge in [-0.25, -0.2) is 13.2 Å². The van der Waals surface area contributed by atoms with Crippen molar-refractivity contribution in [1.82, 2.24) is 0 Å². The summed E-state index contributed by atoms with van der Waals surface area (Å²) in [5.74, 6) is -1.29. The van der Waals surface area contributed by atoms with Crippen molar-refractivity contribution in [2.45, 2.75) is 44.4 Å². The summed E-state index contributed by atoms with van der Waals surface area (Å²) in [6.07, 6.45) is 1.14. The van der Waals surface area contributed by atoms with Gasteiger partial charge in [0.15, 0.2) is 0 Å². The summed E-state index contributed by atoms with van der Waals surface area (Å²) in [6.45, 7) is 7.17. The Morgan fingerprint density at radius 2 is 1.76 bits per heavy atom. The van der Waals surface area contributed by atoms with Crippen molar-refractivity contribution in [3.8, 4) is 0 Å². The first-order valence-corrected chi connectivity index (χ1v) is 12.5. The van der Waals surface area contributed by atoms with E-state index in [0.717, 1.165) is 5.56 Å². The van der Waals surface area contributed by atoms with Gasteiger partial charge in [0.1, 0.15) is 0 Å². The van der Waals surface area contributed by atoms with E-state index in [0.29, 0.717) is 38.2 Å². The molecule has 8 nitrogen and oxygen atoms in total. The third-order valence-electron chi connectivity index (χ3n) is 5.79. The molecule has 1 fully saturated rings. The molecule has 1 aliphatic heterocycles. The number of esters is 1. The van der Waals surface area contributed by atoms with Gasteiger partial charge >= 0.3 is 11.9 Å². The zero-order chi connectivity index (χ0) is 24.2. The highest BCUT2D eigenvalue weighted by atomic mass is 32.2. The molecule has 3 rings (SSSR count). The molecule has 0 aliphatic carbocycles. The van der Waals surface area contributed by atoms with Crippen LogP contribution < -0.4 is 9.62 Å². The Balaban J connectivity index is 1.77. The Morgan fingerprint density at radius 3 is 2.30 bits per heavy atom. The number of hydrogen-bond donors (Lipinski definition) is 2. The topological polar surface area (TPSA) is 113 Å². The summed E-state index contributed by atoms with van der Waals surface area (Å²) in [7, 11) is -3.87. The number of carboxylic acids is 1. The summed E-state index contributed by atoms with van der Waals surface area (Å²) in [5, 5.41) is 9.75. The van der Waals surface area contributed by atoms with E-state index in [4.69, 9.17) is 4.74 Å². The first-order chi connectivity index (χ1) is 15.6. The first kappa shape index (κ1) is 24.6. The van der Waals surface area contributed by atoms with Gasteiger partial charge in [0, 0.05) is 18.8 Å². The van der Waals surface area contributed by atoms with Crippen molar-refractivity contribution in [1.29, 1.82) is 0 Å². The Morgan fingerprint density at radius 1 is 1.12 bits per heavy atom. The molecule has 2 aromatic carbocycles. The van der Waals surface area contributed by atoms with Gasteiger partial charge < -0.3 is 14.7 Å². The number of piperidine rings is 1. The molecule has 0 aromatic heterocycles. The van der Waals surface area contributed by atoms with Crippen LogP contribution in [0.4, 0.5) is 11.4 Å². The third-order valence-corrected chi connectivity index (χ3v) is 7.19. The van der Waals surface area contributed by atoms with Crippen molar-refractivity contribution in [3.05, 3.63) is 53.6 Å². The summed E-state index contributed by atoms with van der Waals surface area (Å²) in [4.78, 5) is 25.9. The molecule has 0 amide bonds. The van der Waals surface area contributed by atoms with Crippen molar-refractivity contribution in [3.63, 3.8) is 0 Å². The Labute approximate surface area is 194 Å². The molecular formula is C24H30N2O6S. The average Bonchev–Trinajstić information content (AvgIpc) is 2.79. The number of hydrogen-bond acceptors (Lipinski definition) is 6. The molecule has 2 aromatic rings. The number of ether oxygens (including phenoxy) is 1. The zero-order valence-electron chi connectivity index (χ0n) is 19.1. The van der Waals surface area contributed by atoms with Gasteiger partial charge in [-0.2, -0.15) is 0 Å². The molecular weight excluding hydrogens is 444 g/mol. The molecule has 1 heterocycles. The maximum Gasteiger partial charge on any atom is 0.337 e. The van der Waals surface area contributed by atoms with E-state index in [-0.39, 0.29) is 34.0 Å². The summed E-state index contributed by atoms with van der Waals surface area (Å²) < 4.78 is 33.1. The van der Waals surface area contributed by atoms with Crippen LogP contribution in [0, 0.1) is 5.92 Å². The lowest BCUT2D eigenvalue weighted by Crippen LogP contribution is -2.37. The highest BCUT2D eigenvalue weighted by Gasteiger charge is 2.28. The number of anilines is 2. The third kappa shape index (κ3) is 5.84. The molecule has 0 bridgehead atoms. The van der Waals surface area contributed by atoms with Crippen LogP contribution in [0.25, 0.3) is 0 Å². The molecule has 178 valence electrons. The van der Waals surface area contributed by atoms with E-state index >= 15 is 0 Å². The van der Waals surface area contributed by atoms with E-state index in [1.807, 2.05) is 18.7 Å². The number of nitrogens with one attached hydrogen (secondary N) is 1. The molecule has 9 heteroatoms. The summed E-state index contributed by atoms with van der Waals surface area (Å²) in [6, 6.07) is 11.1. The van der Waals surface area contributed by atoms with E-state index < -0.39 is 16.0 Å². The molecule has 1 saturated heterocycles. The number of rotatable bonds is 8. The molecule has 0 atom stereocenters. The molecule has 0 radical (unpaired) electrons. The number of aromatic carboxylic acids is 1. The number of carboxylic acid groups (broad SMARTS) is 1. The normalized spacial score (nSPS) is 14.8. The van der Waals surface area contributed by atoms with Gasteiger partial charge in [0.05, 0.1) is 28.7 Å². The van der Waals surface area contributed by atoms with Crippen LogP contribution in [0.15, 0.2) is 47.4 Å². The minimum absolute atomic E-state index is 0.0000552. The fourth-order valence-corrected chi connectivity index (χ4v) is 4.96. The van der Waals surface area contributed by atoms with Gasteiger partial charge in [-0.05, 0) is 61.6 Å². The SMILES string of the molecule is CCOC(=O)C1CCN(c2ccc(NS(=O)(=O)c3ccc(C(C)C)cc3)cc2C(=O)O)CC1. The van der Waals surface area contributed by atoms with E-state index in [9.17, 15) is 23.1 Å². The van der Waals surface area contributed by atoms with Gasteiger partial charge in [-0.15, -0.1) is 0 Å². The molecule has 0 unspecified atom stereocenters. The Bertz CT molecular complexity index is 1100. The number of sulfonamides is 1. The molecule has 0 spiro atoms. The maximum atomic E-state index is 12.8. The average molecular weight is 475 g/mol. The summed E-state index contributed by atoms with van der Waals surface area (Å²) in [5.41, 5.74) is 1.69. The second kappa shape index (κ2) is 10.2. The van der Waals surface area contributed by atoms with E-state index in [1.165, 1.54) is 18.2 Å². The van der Waals surface area contributed by atoms with E-state index in [2.05, 4.69) is 4.72 Å². The van der Waals surface area contributed by atoms with Gasteiger partial charge in [-0.3, -0.25) is 9.52 Å². The van der Waals surface area contributed by atoms with Crippen LogP contribution in [0.5, 0.6) is 0 Å². The molecule has 33 heavy (non-hydrogen) atoms. The van der Waals surface area contributed by atoms with Crippen molar-refractivity contribution in [2.75, 3.05) is 29.3 Å². The number of carbonyl (C=O) groups is 2. The smallest absolute Gasteiger partial charge is 0.337 e. The Hall–Kier alpha value is -3.07. The maximum absolute atomic E-state index is 12.8. The second-order valence-corrected chi connectivity index (χ2v) is 10.1. The van der Waals surface area contributed by atoms with Crippen LogP contribution >= 0.6 is 0 Å². The minimum Gasteiger partial charge on any atom is -0.478 e. The van der Waals surface area contributed by atoms with Gasteiger partial charge in [0.25, 0.3) is 10.0 Å². The number of carbonyl (C=O) groups excluding carboxylic acids is 1. The lowest BCUT2D eigenvalue weighted by molar-refractivity contribution is -0.148. The zero-order valence-corrected chi connectivity index (χ0v) is 19.9. The first-order valence-electron chi connectivity index (χ1n) is 11.0. The molecule has 1 aliphatic rings. The molecule has 2 N–H and O–H groups in total. The van der Waals surface area contributed by atoms with Crippen LogP contribution in [0.2, 0.25) is 0 Å². The van der Waals surface area contributed by atoms with Crippen LogP contribution in [0.1, 0.15) is 55.5 Å². The molecule has 0 saturated carbocycles. The lowest BCUT2D eigenvalue weighted by Gasteiger charge is -2.33. The minimum atomic E-state index is -3.87. The quantitative estimate of drug-likeness (QED) is 0.554. The predicted molar refractivity (Wildman–Crippen MR) is 126 cm³/mol. The second-order valence-electron chi connectivity index (χ2n) is 8.38. The highest BCUT2D eigenvalue weighted by Crippen LogP contribution is 2.30. The van der Waals surface area contributed by atoms with Gasteiger partial charge in [0.2, 0.25) is 0 Å². The van der Waals surface area contributed by atoms with Crippen LogP contribution in [0.3, 0.4) is 0 Å². The summed E-state index contributed by atoms with van der Waals surface area (Å²) >= 11 is 0. The fourth-order valence-electron chi connectivity index (χ4n) is 3.91. The van der Waals surface area contributed by atoms with Crippen LogP contribution in [-0.2, 0) is 19.6 Å². The fraction of sp³-hybridized carbons (Fsp3) is 0.417. The Kier molecular flexibility index (Phi) is 7.63. The van der Waals surface area contributed by atoms with E-state index in [1.54, 1.807) is 31.2 Å². The number of benzene rings is 2. The van der Waals surface area contributed by atoms with Crippen molar-refractivity contribution in [2.24, 2.45) is 5.92 Å². The standard InChI is InChI=1S/C24H30N2O6S/c1-4-32-24(29)18-11-13-26(14-12-18)22-10-7-19(15-21(22)23(27)28)25-33(30,31)20-8-5-17(6-9-20)16(2)3/h5-10,15-16,18,25H,4,11-14H2,1-3H3,(H,27,28). The van der Waals surface area contributed by atoms with Crippen molar-refractivity contribution < 1.29 is 27.9 Å². The largest absolute Gasteiger partial charge is 0.478 e. The highest BCUT2D eigenvalue weighted by molar-refractivity contribution is 7.92. The lowest BCUT2D eigenvalue weighted by atomic mass is 9.96.